The van der Waals surface area contributed by atoms with E-state index in [1.807, 2.05) is 24.3 Å². The van der Waals surface area contributed by atoms with Gasteiger partial charge in [-0.3, -0.25) is 4.79 Å². The summed E-state index contributed by atoms with van der Waals surface area (Å²) in [6, 6.07) is 19.5. The van der Waals surface area contributed by atoms with Crippen LogP contribution in [0.1, 0.15) is 46.3 Å². The minimum atomic E-state index is -0.935. The normalized spacial score (nSPS) is 19.4. The van der Waals surface area contributed by atoms with E-state index < -0.39 is 12.1 Å². The molecule has 1 fully saturated rings. The molecule has 0 aromatic heterocycles. The summed E-state index contributed by atoms with van der Waals surface area (Å²) in [7, 11) is 0. The van der Waals surface area contributed by atoms with E-state index in [1.165, 1.54) is 16.3 Å². The van der Waals surface area contributed by atoms with Gasteiger partial charge in [0, 0.05) is 18.8 Å². The van der Waals surface area contributed by atoms with Crippen LogP contribution in [-0.4, -0.2) is 28.1 Å². The quantitative estimate of drug-likeness (QED) is 0.450. The number of carboxylic acid groups (broad SMARTS) is 1. The Kier molecular flexibility index (Phi) is 7.05. The molecule has 3 aromatic rings. The van der Waals surface area contributed by atoms with Gasteiger partial charge in [0.05, 0.1) is 11.7 Å². The van der Waals surface area contributed by atoms with Crippen LogP contribution in [0.25, 0.3) is 10.8 Å². The summed E-state index contributed by atoms with van der Waals surface area (Å²) in [6.07, 6.45) is 6.70. The van der Waals surface area contributed by atoms with Crippen molar-refractivity contribution in [1.29, 1.82) is 0 Å². The maximum absolute atomic E-state index is 12.5. The molecule has 33 heavy (non-hydrogen) atoms. The first-order chi connectivity index (χ1) is 15.9. The third-order valence-corrected chi connectivity index (χ3v) is 6.68. The third-order valence-electron chi connectivity index (χ3n) is 6.68. The topological polar surface area (TPSA) is 74.6 Å². The summed E-state index contributed by atoms with van der Waals surface area (Å²) in [4.78, 5) is 23.5. The summed E-state index contributed by atoms with van der Waals surface area (Å²) >= 11 is 0. The summed E-state index contributed by atoms with van der Waals surface area (Å²) in [6.45, 7) is 2.08. The lowest BCUT2D eigenvalue weighted by Crippen LogP contribution is -2.15. The number of carboxylic acids is 1. The van der Waals surface area contributed by atoms with Crippen molar-refractivity contribution in [3.8, 4) is 0 Å². The largest absolute Gasteiger partial charge is 0.478 e. The number of fused-ring (bicyclic) bond motifs is 1. The number of Topliss-reactive ketones (excluding diaryl/α,β-unsaturated/α-hetero) is 1. The number of hydrogen-bond acceptors (Lipinski definition) is 3. The molecule has 170 valence electrons. The fourth-order valence-electron chi connectivity index (χ4n) is 4.80. The van der Waals surface area contributed by atoms with Crippen LogP contribution in [0, 0.1) is 18.8 Å². The van der Waals surface area contributed by atoms with Crippen molar-refractivity contribution < 1.29 is 19.8 Å². The standard InChI is InChI=1S/C29H30O4/c1-19-2-7-22-8-5-21(17-25(22)16-19)18-26(30)13-11-23-12-15-28(31)27(23)14-6-20-3-9-24(10-4-20)29(32)33/h2-5,7-11,13,16-17,23,26-27,30H,6,12,14-15,18H2,1H3,(H,32,33)/b13-11+/t23-,26?,27+/m0/s1. The zero-order valence-corrected chi connectivity index (χ0v) is 18.9. The third kappa shape index (κ3) is 5.77. The van der Waals surface area contributed by atoms with Gasteiger partial charge in [-0.05, 0) is 66.1 Å². The number of benzene rings is 3. The smallest absolute Gasteiger partial charge is 0.335 e. The van der Waals surface area contributed by atoms with Crippen LogP contribution < -0.4 is 0 Å². The van der Waals surface area contributed by atoms with E-state index >= 15 is 0 Å². The van der Waals surface area contributed by atoms with Crippen molar-refractivity contribution in [3.63, 3.8) is 0 Å². The van der Waals surface area contributed by atoms with Crippen LogP contribution in [0.15, 0.2) is 72.8 Å². The Morgan fingerprint density at radius 2 is 1.76 bits per heavy atom. The van der Waals surface area contributed by atoms with Crippen LogP contribution >= 0.6 is 0 Å². The minimum absolute atomic E-state index is 0.0451. The highest BCUT2D eigenvalue weighted by molar-refractivity contribution is 5.87. The van der Waals surface area contributed by atoms with Crippen molar-refractivity contribution in [2.24, 2.45) is 11.8 Å². The van der Waals surface area contributed by atoms with Crippen molar-refractivity contribution in [2.45, 2.75) is 45.1 Å². The van der Waals surface area contributed by atoms with Gasteiger partial charge < -0.3 is 10.2 Å². The summed E-state index contributed by atoms with van der Waals surface area (Å²) in [5.74, 6) is -0.554. The molecular formula is C29H30O4. The average Bonchev–Trinajstić information content (AvgIpc) is 3.15. The molecule has 0 saturated heterocycles. The van der Waals surface area contributed by atoms with Crippen LogP contribution in [-0.2, 0) is 17.6 Å². The Labute approximate surface area is 194 Å². The van der Waals surface area contributed by atoms with Crippen molar-refractivity contribution >= 4 is 22.5 Å². The molecule has 0 radical (unpaired) electrons. The van der Waals surface area contributed by atoms with E-state index in [1.54, 1.807) is 12.1 Å². The lowest BCUT2D eigenvalue weighted by atomic mass is 9.88. The number of allylic oxidation sites excluding steroid dienone is 1. The molecule has 0 amide bonds. The highest BCUT2D eigenvalue weighted by Gasteiger charge is 2.32. The second kappa shape index (κ2) is 10.1. The first kappa shape index (κ1) is 22.9. The summed E-state index contributed by atoms with van der Waals surface area (Å²) in [5, 5.41) is 22.0. The van der Waals surface area contributed by atoms with Crippen LogP contribution in [0.3, 0.4) is 0 Å². The number of carbonyl (C=O) groups is 2. The van der Waals surface area contributed by atoms with E-state index in [2.05, 4.69) is 43.3 Å². The number of carbonyl (C=O) groups excluding carboxylic acids is 1. The van der Waals surface area contributed by atoms with Gasteiger partial charge in [-0.25, -0.2) is 4.79 Å². The van der Waals surface area contributed by atoms with Crippen molar-refractivity contribution in [2.75, 3.05) is 0 Å². The molecule has 1 saturated carbocycles. The maximum Gasteiger partial charge on any atom is 0.335 e. The van der Waals surface area contributed by atoms with E-state index in [-0.39, 0.29) is 23.2 Å². The molecule has 4 nitrogen and oxygen atoms in total. The lowest BCUT2D eigenvalue weighted by molar-refractivity contribution is -0.121. The average molecular weight is 443 g/mol. The van der Waals surface area contributed by atoms with E-state index in [0.717, 1.165) is 30.4 Å². The first-order valence-corrected chi connectivity index (χ1v) is 11.6. The highest BCUT2D eigenvalue weighted by Crippen LogP contribution is 2.33. The Hall–Kier alpha value is -3.24. The fraction of sp³-hybridized carbons (Fsp3) is 0.310. The number of aryl methyl sites for hydroxylation is 2. The van der Waals surface area contributed by atoms with Gasteiger partial charge in [0.15, 0.2) is 0 Å². The Morgan fingerprint density at radius 3 is 2.52 bits per heavy atom. The Bertz CT molecular complexity index is 1180. The van der Waals surface area contributed by atoms with Gasteiger partial charge in [0.1, 0.15) is 5.78 Å². The molecule has 0 heterocycles. The molecule has 3 aromatic carbocycles. The first-order valence-electron chi connectivity index (χ1n) is 11.6. The van der Waals surface area contributed by atoms with E-state index in [0.29, 0.717) is 12.8 Å². The number of hydrogen-bond donors (Lipinski definition) is 2. The number of aliphatic hydroxyl groups excluding tert-OH is 1. The summed E-state index contributed by atoms with van der Waals surface area (Å²) in [5.41, 5.74) is 3.62. The van der Waals surface area contributed by atoms with Crippen molar-refractivity contribution in [1.82, 2.24) is 0 Å². The Balaban J connectivity index is 1.35. The summed E-state index contributed by atoms with van der Waals surface area (Å²) < 4.78 is 0. The molecular weight excluding hydrogens is 412 g/mol. The van der Waals surface area contributed by atoms with Crippen LogP contribution in [0.4, 0.5) is 0 Å². The second-order valence-corrected chi connectivity index (χ2v) is 9.16. The number of aromatic carboxylic acids is 1. The molecule has 4 rings (SSSR count). The van der Waals surface area contributed by atoms with Crippen LogP contribution in [0.5, 0.6) is 0 Å². The van der Waals surface area contributed by atoms with Crippen molar-refractivity contribution in [3.05, 3.63) is 95.1 Å². The molecule has 0 spiro atoms. The second-order valence-electron chi connectivity index (χ2n) is 9.16. The molecule has 1 unspecified atom stereocenters. The molecule has 3 atom stereocenters. The van der Waals surface area contributed by atoms with Gasteiger partial charge in [0.2, 0.25) is 0 Å². The monoisotopic (exact) mass is 442 g/mol. The zero-order chi connectivity index (χ0) is 23.4. The number of aliphatic hydroxyl groups is 1. The lowest BCUT2D eigenvalue weighted by Gasteiger charge is -2.16. The number of rotatable bonds is 8. The highest BCUT2D eigenvalue weighted by atomic mass is 16.4. The Morgan fingerprint density at radius 1 is 1.03 bits per heavy atom. The molecule has 1 aliphatic carbocycles. The molecule has 0 aliphatic heterocycles. The molecule has 1 aliphatic rings. The van der Waals surface area contributed by atoms with Crippen LogP contribution in [0.2, 0.25) is 0 Å². The number of ketones is 1. The molecule has 2 N–H and O–H groups in total. The fourth-order valence-corrected chi connectivity index (χ4v) is 4.80. The minimum Gasteiger partial charge on any atom is -0.478 e. The maximum atomic E-state index is 12.5. The van der Waals surface area contributed by atoms with Gasteiger partial charge in [-0.15, -0.1) is 0 Å². The zero-order valence-electron chi connectivity index (χ0n) is 18.9. The molecule has 0 bridgehead atoms. The van der Waals surface area contributed by atoms with E-state index in [9.17, 15) is 14.7 Å². The SMILES string of the molecule is Cc1ccc2ccc(CC(O)/C=C/[C@H]3CCC(=O)[C@@H]3CCc3ccc(C(=O)O)cc3)cc2c1. The van der Waals surface area contributed by atoms with Gasteiger partial charge in [0.25, 0.3) is 0 Å². The van der Waals surface area contributed by atoms with Gasteiger partial charge in [-0.2, -0.15) is 0 Å². The predicted molar refractivity (Wildman–Crippen MR) is 130 cm³/mol. The van der Waals surface area contributed by atoms with Gasteiger partial charge in [-0.1, -0.05) is 66.2 Å². The predicted octanol–water partition coefficient (Wildman–Crippen LogP) is 5.53. The van der Waals surface area contributed by atoms with Gasteiger partial charge >= 0.3 is 5.97 Å². The molecule has 4 heteroatoms. The van der Waals surface area contributed by atoms with E-state index in [4.69, 9.17) is 5.11 Å².